The number of fused-ring (bicyclic) bond motifs is 6. The molecule has 0 bridgehead atoms. The second-order valence-electron chi connectivity index (χ2n) is 6.14. The highest BCUT2D eigenvalue weighted by Gasteiger charge is 2.57. The van der Waals surface area contributed by atoms with Gasteiger partial charge in [0.15, 0.2) is 12.1 Å². The molecule has 0 aromatic heterocycles. The quantitative estimate of drug-likeness (QED) is 0.697. The first-order valence-electron chi connectivity index (χ1n) is 7.51. The molecule has 0 amide bonds. The van der Waals surface area contributed by atoms with E-state index in [0.29, 0.717) is 18.0 Å². The highest BCUT2D eigenvalue weighted by Crippen LogP contribution is 2.53. The first-order valence-corrected chi connectivity index (χ1v) is 7.51. The molecule has 3 unspecified atom stereocenters. The van der Waals surface area contributed by atoms with Crippen LogP contribution in [0.2, 0.25) is 0 Å². The Balaban J connectivity index is 1.69. The number of hydrogen-bond donors (Lipinski definition) is 0. The van der Waals surface area contributed by atoms with Crippen molar-refractivity contribution >= 4 is 5.71 Å². The summed E-state index contributed by atoms with van der Waals surface area (Å²) in [6.07, 6.45) is 5.72. The lowest BCUT2D eigenvalue weighted by molar-refractivity contribution is -0.573. The van der Waals surface area contributed by atoms with Gasteiger partial charge >= 0.3 is 0 Å². The van der Waals surface area contributed by atoms with E-state index in [1.807, 2.05) is 12.1 Å². The Morgan fingerprint density at radius 2 is 1.71 bits per heavy atom. The van der Waals surface area contributed by atoms with Crippen molar-refractivity contribution < 1.29 is 8.97 Å². The number of hydrogen-bond acceptors (Lipinski definition) is 0. The normalized spacial score (nSPS) is 28.1. The molecule has 0 spiro atoms. The number of nitrogens with zero attached hydrogens (tertiary/aromatic N) is 1. The van der Waals surface area contributed by atoms with Crippen LogP contribution in [0.3, 0.4) is 0 Å². The summed E-state index contributed by atoms with van der Waals surface area (Å²) in [5.74, 6) is 0.499. The first-order chi connectivity index (χ1) is 10.3. The molecule has 3 aliphatic rings. The second kappa shape index (κ2) is 3.91. The Labute approximate surface area is 123 Å². The zero-order chi connectivity index (χ0) is 14.0. The molecule has 0 N–H and O–H groups in total. The minimum atomic E-state index is -0.175. The summed E-state index contributed by atoms with van der Waals surface area (Å²) in [6, 6.07) is 16.6. The average Bonchev–Trinajstić information content (AvgIpc) is 3.20. The molecule has 1 nitrogen and oxygen atoms in total. The van der Waals surface area contributed by atoms with Gasteiger partial charge in [-0.05, 0) is 35.9 Å². The van der Waals surface area contributed by atoms with Crippen LogP contribution in [-0.2, 0) is 0 Å². The summed E-state index contributed by atoms with van der Waals surface area (Å²) in [4.78, 5) is 0. The molecule has 1 fully saturated rings. The lowest BCUT2D eigenvalue weighted by Gasteiger charge is -2.20. The van der Waals surface area contributed by atoms with Crippen LogP contribution in [0.4, 0.5) is 4.39 Å². The summed E-state index contributed by atoms with van der Waals surface area (Å²) < 4.78 is 15.7. The molecule has 2 heterocycles. The van der Waals surface area contributed by atoms with E-state index in [1.165, 1.54) is 23.3 Å². The maximum atomic E-state index is 13.1. The van der Waals surface area contributed by atoms with Crippen LogP contribution in [0.1, 0.15) is 35.1 Å². The van der Waals surface area contributed by atoms with Gasteiger partial charge in [0.1, 0.15) is 5.82 Å². The van der Waals surface area contributed by atoms with Crippen molar-refractivity contribution in [1.29, 1.82) is 0 Å². The minimum Gasteiger partial charge on any atom is -0.215 e. The smallest absolute Gasteiger partial charge is 0.208 e. The van der Waals surface area contributed by atoms with Crippen LogP contribution in [0.15, 0.2) is 60.7 Å². The molecule has 5 rings (SSSR count). The Hall–Kier alpha value is -2.22. The van der Waals surface area contributed by atoms with Crippen LogP contribution < -0.4 is 0 Å². The van der Waals surface area contributed by atoms with E-state index in [2.05, 4.69) is 41.0 Å². The standard InChI is InChI=1S/C19H15FN/c20-13-7-5-12(6-8-13)17-9-10-18-15-4-2-1-3-14(15)16-11-19(16)21(17)18/h1-10,16,18-19H,11H2/q+1. The fraction of sp³-hybridized carbons (Fsp3) is 0.211. The summed E-state index contributed by atoms with van der Waals surface area (Å²) in [6.45, 7) is 0. The van der Waals surface area contributed by atoms with Gasteiger partial charge < -0.3 is 0 Å². The van der Waals surface area contributed by atoms with Crippen LogP contribution in [0.5, 0.6) is 0 Å². The molecule has 1 aliphatic carbocycles. The summed E-state index contributed by atoms with van der Waals surface area (Å²) in [7, 11) is 0. The van der Waals surface area contributed by atoms with E-state index in [9.17, 15) is 4.39 Å². The topological polar surface area (TPSA) is 3.01 Å². The summed E-state index contributed by atoms with van der Waals surface area (Å²) in [5, 5.41) is 0. The highest BCUT2D eigenvalue weighted by molar-refractivity contribution is 6.06. The molecule has 0 saturated heterocycles. The number of benzene rings is 2. The molecule has 2 heteroatoms. The molecule has 2 aromatic rings. The van der Waals surface area contributed by atoms with Crippen LogP contribution in [0, 0.1) is 5.82 Å². The molecule has 3 atom stereocenters. The van der Waals surface area contributed by atoms with Crippen molar-refractivity contribution in [3.63, 3.8) is 0 Å². The zero-order valence-electron chi connectivity index (χ0n) is 11.5. The summed E-state index contributed by atoms with van der Waals surface area (Å²) >= 11 is 0. The molecular formula is C19H15FN+. The maximum absolute atomic E-state index is 13.1. The third-order valence-electron chi connectivity index (χ3n) is 4.98. The van der Waals surface area contributed by atoms with Crippen LogP contribution in [0.25, 0.3) is 0 Å². The lowest BCUT2D eigenvalue weighted by atomic mass is 9.94. The van der Waals surface area contributed by atoms with Gasteiger partial charge in [-0.25, -0.2) is 8.97 Å². The SMILES string of the molecule is Fc1ccc(C2=[N+]3C(C=C2)c2ccccc2C2CC23)cc1. The van der Waals surface area contributed by atoms with Gasteiger partial charge in [0, 0.05) is 23.6 Å². The molecule has 102 valence electrons. The Morgan fingerprint density at radius 1 is 0.952 bits per heavy atom. The Morgan fingerprint density at radius 3 is 2.52 bits per heavy atom. The molecule has 21 heavy (non-hydrogen) atoms. The Bertz CT molecular complexity index is 801. The molecule has 0 radical (unpaired) electrons. The fourth-order valence-corrected chi connectivity index (χ4v) is 3.96. The van der Waals surface area contributed by atoms with Gasteiger partial charge in [-0.3, -0.25) is 0 Å². The predicted molar refractivity (Wildman–Crippen MR) is 80.2 cm³/mol. The van der Waals surface area contributed by atoms with E-state index in [-0.39, 0.29) is 5.82 Å². The lowest BCUT2D eigenvalue weighted by Crippen LogP contribution is -2.27. The number of rotatable bonds is 1. The minimum absolute atomic E-state index is 0.175. The van der Waals surface area contributed by atoms with E-state index in [1.54, 1.807) is 12.1 Å². The molecule has 1 saturated carbocycles. The van der Waals surface area contributed by atoms with Crippen molar-refractivity contribution in [3.05, 3.63) is 83.2 Å². The van der Waals surface area contributed by atoms with Gasteiger partial charge in [0.2, 0.25) is 5.71 Å². The summed E-state index contributed by atoms with van der Waals surface area (Å²) in [5.41, 5.74) is 5.31. The average molecular weight is 276 g/mol. The van der Waals surface area contributed by atoms with E-state index < -0.39 is 0 Å². The second-order valence-corrected chi connectivity index (χ2v) is 6.14. The predicted octanol–water partition coefficient (Wildman–Crippen LogP) is 3.81. The Kier molecular flexibility index (Phi) is 2.13. The number of halogens is 1. The van der Waals surface area contributed by atoms with E-state index in [0.717, 1.165) is 5.56 Å². The third kappa shape index (κ3) is 1.53. The van der Waals surface area contributed by atoms with E-state index in [4.69, 9.17) is 0 Å². The van der Waals surface area contributed by atoms with Crippen molar-refractivity contribution in [2.24, 2.45) is 0 Å². The van der Waals surface area contributed by atoms with Crippen molar-refractivity contribution in [2.75, 3.05) is 0 Å². The monoisotopic (exact) mass is 276 g/mol. The van der Waals surface area contributed by atoms with Crippen molar-refractivity contribution in [1.82, 2.24) is 0 Å². The molecule has 2 aromatic carbocycles. The first kappa shape index (κ1) is 11.4. The van der Waals surface area contributed by atoms with Gasteiger partial charge in [0.05, 0.1) is 5.92 Å². The van der Waals surface area contributed by atoms with E-state index >= 15 is 0 Å². The third-order valence-corrected chi connectivity index (χ3v) is 4.98. The fourth-order valence-electron chi connectivity index (χ4n) is 3.96. The van der Waals surface area contributed by atoms with Crippen molar-refractivity contribution in [3.8, 4) is 0 Å². The molecule has 2 aliphatic heterocycles. The van der Waals surface area contributed by atoms with Gasteiger partial charge in [-0.1, -0.05) is 24.3 Å². The van der Waals surface area contributed by atoms with Gasteiger partial charge in [0.25, 0.3) is 0 Å². The molecular weight excluding hydrogens is 261 g/mol. The van der Waals surface area contributed by atoms with Gasteiger partial charge in [-0.2, -0.15) is 0 Å². The number of allylic oxidation sites excluding steroid dienone is 1. The van der Waals surface area contributed by atoms with Crippen LogP contribution in [-0.4, -0.2) is 16.3 Å². The highest BCUT2D eigenvalue weighted by atomic mass is 19.1. The largest absolute Gasteiger partial charge is 0.215 e. The van der Waals surface area contributed by atoms with Crippen LogP contribution >= 0.6 is 0 Å². The van der Waals surface area contributed by atoms with Gasteiger partial charge in [-0.15, -0.1) is 0 Å². The zero-order valence-corrected chi connectivity index (χ0v) is 11.5. The van der Waals surface area contributed by atoms with Crippen molar-refractivity contribution in [2.45, 2.75) is 24.4 Å². The maximum Gasteiger partial charge on any atom is 0.208 e.